The monoisotopic (exact) mass is 311 g/mol. The maximum absolute atomic E-state index is 9.35. The van der Waals surface area contributed by atoms with E-state index in [1.165, 1.54) is 38.2 Å². The fourth-order valence-corrected chi connectivity index (χ4v) is 3.28. The van der Waals surface area contributed by atoms with Gasteiger partial charge in [0.25, 0.3) is 0 Å². The van der Waals surface area contributed by atoms with Gasteiger partial charge in [0.15, 0.2) is 0 Å². The molecule has 1 aromatic rings. The topological polar surface area (TPSA) is 38.7 Å². The van der Waals surface area contributed by atoms with Crippen LogP contribution < -0.4 is 10.2 Å². The summed E-state index contributed by atoms with van der Waals surface area (Å²) in [5.41, 5.74) is 1.23. The number of nitrogens with one attached hydrogen (secondary N) is 1. The van der Waals surface area contributed by atoms with E-state index in [4.69, 9.17) is 0 Å². The Morgan fingerprint density at radius 2 is 1.62 bits per heavy atom. The van der Waals surface area contributed by atoms with Gasteiger partial charge in [0.1, 0.15) is 5.75 Å². The highest BCUT2D eigenvalue weighted by atomic mass is 35.5. The summed E-state index contributed by atoms with van der Waals surface area (Å²) in [6, 6.07) is 7.57. The minimum atomic E-state index is 0. The van der Waals surface area contributed by atoms with Crippen LogP contribution in [0.1, 0.15) is 12.8 Å². The average Bonchev–Trinajstić information content (AvgIpc) is 2.50. The molecule has 0 amide bonds. The zero-order chi connectivity index (χ0) is 13.8. The summed E-state index contributed by atoms with van der Waals surface area (Å²) in [6.45, 7) is 8.16. The second kappa shape index (κ2) is 7.87. The van der Waals surface area contributed by atoms with E-state index < -0.39 is 0 Å². The van der Waals surface area contributed by atoms with Gasteiger partial charge in [-0.1, -0.05) is 0 Å². The van der Waals surface area contributed by atoms with Crippen LogP contribution >= 0.6 is 12.4 Å². The normalized spacial score (nSPS) is 21.0. The predicted octanol–water partition coefficient (Wildman–Crippen LogP) is 1.94. The third-order valence-corrected chi connectivity index (χ3v) is 4.56. The maximum Gasteiger partial charge on any atom is 0.115 e. The fourth-order valence-electron chi connectivity index (χ4n) is 3.28. The summed E-state index contributed by atoms with van der Waals surface area (Å²) in [4.78, 5) is 5.03. The fraction of sp³-hybridized carbons (Fsp3) is 0.625. The van der Waals surface area contributed by atoms with Crippen molar-refractivity contribution in [3.05, 3.63) is 24.3 Å². The van der Waals surface area contributed by atoms with E-state index >= 15 is 0 Å². The maximum atomic E-state index is 9.35. The highest BCUT2D eigenvalue weighted by molar-refractivity contribution is 5.85. The lowest BCUT2D eigenvalue weighted by atomic mass is 9.97. The molecule has 3 rings (SSSR count). The smallest absolute Gasteiger partial charge is 0.115 e. The molecule has 118 valence electrons. The molecule has 2 heterocycles. The number of piperazine rings is 1. The van der Waals surface area contributed by atoms with Crippen LogP contribution in [0.3, 0.4) is 0 Å². The standard InChI is InChI=1S/C16H25N3O.ClH/c20-16-3-1-15(2-4-16)19-11-9-18(10-12-19)13-14-5-7-17-8-6-14;/h1-4,14,17,20H,5-13H2;1H. The van der Waals surface area contributed by atoms with Crippen LogP contribution in [0.5, 0.6) is 5.75 Å². The summed E-state index contributed by atoms with van der Waals surface area (Å²) in [7, 11) is 0. The minimum absolute atomic E-state index is 0. The molecule has 4 nitrogen and oxygen atoms in total. The highest BCUT2D eigenvalue weighted by Crippen LogP contribution is 2.21. The van der Waals surface area contributed by atoms with Crippen molar-refractivity contribution in [3.8, 4) is 5.75 Å². The second-order valence-corrected chi connectivity index (χ2v) is 6.00. The van der Waals surface area contributed by atoms with E-state index in [1.807, 2.05) is 12.1 Å². The van der Waals surface area contributed by atoms with E-state index in [1.54, 1.807) is 12.1 Å². The third kappa shape index (κ3) is 4.50. The summed E-state index contributed by atoms with van der Waals surface area (Å²) in [6.07, 6.45) is 2.66. The van der Waals surface area contributed by atoms with Gasteiger partial charge in [0.05, 0.1) is 0 Å². The van der Waals surface area contributed by atoms with Crippen molar-refractivity contribution in [1.29, 1.82) is 0 Å². The molecule has 1 aromatic carbocycles. The van der Waals surface area contributed by atoms with Gasteiger partial charge in [0.2, 0.25) is 0 Å². The summed E-state index contributed by atoms with van der Waals surface area (Å²) in [5, 5.41) is 12.8. The number of phenols is 1. The lowest BCUT2D eigenvalue weighted by Crippen LogP contribution is -2.48. The van der Waals surface area contributed by atoms with Crippen molar-refractivity contribution in [3.63, 3.8) is 0 Å². The number of rotatable bonds is 3. The van der Waals surface area contributed by atoms with Gasteiger partial charge >= 0.3 is 0 Å². The number of halogens is 1. The summed E-state index contributed by atoms with van der Waals surface area (Å²) in [5.74, 6) is 1.23. The molecule has 2 fully saturated rings. The number of nitrogens with zero attached hydrogens (tertiary/aromatic N) is 2. The van der Waals surface area contributed by atoms with Crippen LogP contribution in [0.4, 0.5) is 5.69 Å². The Balaban J connectivity index is 0.00000161. The molecular formula is C16H26ClN3O. The van der Waals surface area contributed by atoms with E-state index in [2.05, 4.69) is 15.1 Å². The van der Waals surface area contributed by atoms with Crippen LogP contribution in [0, 0.1) is 5.92 Å². The number of benzene rings is 1. The number of piperidine rings is 1. The van der Waals surface area contributed by atoms with Gasteiger partial charge in [-0.3, -0.25) is 4.90 Å². The molecule has 5 heteroatoms. The highest BCUT2D eigenvalue weighted by Gasteiger charge is 2.21. The van der Waals surface area contributed by atoms with Crippen molar-refractivity contribution >= 4 is 18.1 Å². The molecule has 0 unspecified atom stereocenters. The first kappa shape index (κ1) is 16.4. The molecule has 0 bridgehead atoms. The van der Waals surface area contributed by atoms with Crippen LogP contribution in [-0.2, 0) is 0 Å². The summed E-state index contributed by atoms with van der Waals surface area (Å²) >= 11 is 0. The number of aromatic hydroxyl groups is 1. The van der Waals surface area contributed by atoms with Crippen molar-refractivity contribution in [1.82, 2.24) is 10.2 Å². The molecule has 0 aromatic heterocycles. The van der Waals surface area contributed by atoms with Gasteiger partial charge in [0, 0.05) is 38.4 Å². The zero-order valence-electron chi connectivity index (χ0n) is 12.5. The van der Waals surface area contributed by atoms with Crippen LogP contribution in [0.25, 0.3) is 0 Å². The molecule has 0 aliphatic carbocycles. The van der Waals surface area contributed by atoms with Crippen LogP contribution in [0.15, 0.2) is 24.3 Å². The van der Waals surface area contributed by atoms with E-state index in [-0.39, 0.29) is 12.4 Å². The molecule has 0 saturated carbocycles. The predicted molar refractivity (Wildman–Crippen MR) is 89.6 cm³/mol. The quantitative estimate of drug-likeness (QED) is 0.895. The van der Waals surface area contributed by atoms with Crippen LogP contribution in [-0.4, -0.2) is 55.8 Å². The molecule has 2 aliphatic rings. The van der Waals surface area contributed by atoms with Crippen molar-refractivity contribution in [2.75, 3.05) is 50.7 Å². The van der Waals surface area contributed by atoms with E-state index in [0.717, 1.165) is 32.1 Å². The van der Waals surface area contributed by atoms with E-state index in [0.29, 0.717) is 5.75 Å². The largest absolute Gasteiger partial charge is 0.508 e. The molecule has 0 spiro atoms. The minimum Gasteiger partial charge on any atom is -0.508 e. The zero-order valence-corrected chi connectivity index (χ0v) is 13.3. The Labute approximate surface area is 133 Å². The Bertz CT molecular complexity index is 412. The number of hydrogen-bond donors (Lipinski definition) is 2. The van der Waals surface area contributed by atoms with Gasteiger partial charge in [-0.15, -0.1) is 12.4 Å². The Morgan fingerprint density at radius 1 is 1.00 bits per heavy atom. The SMILES string of the molecule is Cl.Oc1ccc(N2CCN(CC3CCNCC3)CC2)cc1. The molecular weight excluding hydrogens is 286 g/mol. The van der Waals surface area contributed by atoms with Crippen molar-refractivity contribution in [2.24, 2.45) is 5.92 Å². The Morgan fingerprint density at radius 3 is 2.24 bits per heavy atom. The number of phenolic OH excluding ortho intramolecular Hbond substituents is 1. The molecule has 0 radical (unpaired) electrons. The number of hydrogen-bond acceptors (Lipinski definition) is 4. The lowest BCUT2D eigenvalue weighted by molar-refractivity contribution is 0.196. The van der Waals surface area contributed by atoms with Crippen LogP contribution in [0.2, 0.25) is 0 Å². The van der Waals surface area contributed by atoms with Crippen molar-refractivity contribution in [2.45, 2.75) is 12.8 Å². The van der Waals surface area contributed by atoms with Gasteiger partial charge in [-0.2, -0.15) is 0 Å². The first-order valence-electron chi connectivity index (χ1n) is 7.78. The van der Waals surface area contributed by atoms with Crippen molar-refractivity contribution < 1.29 is 5.11 Å². The molecule has 2 N–H and O–H groups in total. The molecule has 21 heavy (non-hydrogen) atoms. The molecule has 2 saturated heterocycles. The summed E-state index contributed by atoms with van der Waals surface area (Å²) < 4.78 is 0. The Hall–Kier alpha value is -0.970. The number of anilines is 1. The third-order valence-electron chi connectivity index (χ3n) is 4.56. The van der Waals surface area contributed by atoms with Gasteiger partial charge < -0.3 is 15.3 Å². The first-order chi connectivity index (χ1) is 9.81. The van der Waals surface area contributed by atoms with Gasteiger partial charge in [-0.25, -0.2) is 0 Å². The lowest BCUT2D eigenvalue weighted by Gasteiger charge is -2.38. The average molecular weight is 312 g/mol. The van der Waals surface area contributed by atoms with E-state index in [9.17, 15) is 5.11 Å². The molecule has 0 atom stereocenters. The molecule has 2 aliphatic heterocycles. The van der Waals surface area contributed by atoms with Gasteiger partial charge in [-0.05, 0) is 56.1 Å². The first-order valence-corrected chi connectivity index (χ1v) is 7.78. The second-order valence-electron chi connectivity index (χ2n) is 6.00. The Kier molecular flexibility index (Phi) is 6.15.